The molecule has 0 bridgehead atoms. The SMILES string of the molecule is COCCN(CC(=O)N(C)C)C(=O)CC1CCCCC1N.Cl. The monoisotopic (exact) mass is 335 g/mol. The van der Waals surface area contributed by atoms with Crippen LogP contribution in [0, 0.1) is 5.92 Å². The van der Waals surface area contributed by atoms with Crippen LogP contribution >= 0.6 is 12.4 Å². The summed E-state index contributed by atoms with van der Waals surface area (Å²) < 4.78 is 5.03. The standard InChI is InChI=1S/C15H29N3O3.ClH/c1-17(2)15(20)11-18(8-9-21-3)14(19)10-12-6-4-5-7-13(12)16;/h12-13H,4-11,16H2,1-3H3;1H. The van der Waals surface area contributed by atoms with Gasteiger partial charge in [0, 0.05) is 40.2 Å². The van der Waals surface area contributed by atoms with E-state index in [2.05, 4.69) is 0 Å². The van der Waals surface area contributed by atoms with E-state index in [1.165, 1.54) is 4.90 Å². The van der Waals surface area contributed by atoms with E-state index in [-0.39, 0.29) is 42.7 Å². The minimum atomic E-state index is -0.0765. The molecular formula is C15H30ClN3O3. The molecule has 7 heteroatoms. The smallest absolute Gasteiger partial charge is 0.241 e. The van der Waals surface area contributed by atoms with Gasteiger partial charge in [0.05, 0.1) is 13.2 Å². The van der Waals surface area contributed by atoms with Crippen LogP contribution in [0.2, 0.25) is 0 Å². The van der Waals surface area contributed by atoms with Gasteiger partial charge in [-0.15, -0.1) is 12.4 Å². The summed E-state index contributed by atoms with van der Waals surface area (Å²) in [6, 6.07) is 0.108. The molecule has 2 unspecified atom stereocenters. The van der Waals surface area contributed by atoms with Crippen molar-refractivity contribution in [1.29, 1.82) is 0 Å². The number of halogens is 1. The predicted molar refractivity (Wildman–Crippen MR) is 88.9 cm³/mol. The van der Waals surface area contributed by atoms with Gasteiger partial charge in [0.15, 0.2) is 0 Å². The molecule has 2 atom stereocenters. The third-order valence-corrected chi connectivity index (χ3v) is 4.15. The zero-order chi connectivity index (χ0) is 15.8. The van der Waals surface area contributed by atoms with Gasteiger partial charge in [-0.2, -0.15) is 0 Å². The van der Waals surface area contributed by atoms with E-state index < -0.39 is 0 Å². The molecule has 0 heterocycles. The molecule has 0 aromatic carbocycles. The molecule has 130 valence electrons. The first-order chi connectivity index (χ1) is 9.95. The molecule has 2 amide bonds. The Morgan fingerprint density at radius 3 is 2.36 bits per heavy atom. The van der Waals surface area contributed by atoms with Crippen molar-refractivity contribution in [1.82, 2.24) is 9.80 Å². The Labute approximate surface area is 139 Å². The fraction of sp³-hybridized carbons (Fsp3) is 0.867. The molecule has 1 rings (SSSR count). The molecular weight excluding hydrogens is 306 g/mol. The fourth-order valence-corrected chi connectivity index (χ4v) is 2.64. The lowest BCUT2D eigenvalue weighted by molar-refractivity contribution is -0.140. The Balaban J connectivity index is 0.00000441. The van der Waals surface area contributed by atoms with Crippen LogP contribution in [0.1, 0.15) is 32.1 Å². The van der Waals surface area contributed by atoms with Crippen LogP contribution in [0.25, 0.3) is 0 Å². The molecule has 0 radical (unpaired) electrons. The molecule has 0 aliphatic heterocycles. The number of hydrogen-bond acceptors (Lipinski definition) is 4. The minimum absolute atomic E-state index is 0. The molecule has 0 aromatic rings. The number of amides is 2. The van der Waals surface area contributed by atoms with Crippen molar-refractivity contribution in [2.75, 3.05) is 40.9 Å². The maximum absolute atomic E-state index is 12.5. The van der Waals surface area contributed by atoms with Crippen molar-refractivity contribution in [3.8, 4) is 0 Å². The lowest BCUT2D eigenvalue weighted by Gasteiger charge is -2.31. The predicted octanol–water partition coefficient (Wildman–Crippen LogP) is 0.879. The molecule has 0 spiro atoms. The summed E-state index contributed by atoms with van der Waals surface area (Å²) in [4.78, 5) is 27.4. The van der Waals surface area contributed by atoms with Crippen molar-refractivity contribution < 1.29 is 14.3 Å². The topological polar surface area (TPSA) is 75.9 Å². The van der Waals surface area contributed by atoms with E-state index in [4.69, 9.17) is 10.5 Å². The highest BCUT2D eigenvalue weighted by Gasteiger charge is 2.27. The van der Waals surface area contributed by atoms with E-state index in [1.54, 1.807) is 26.1 Å². The van der Waals surface area contributed by atoms with Crippen LogP contribution in [0.15, 0.2) is 0 Å². The largest absolute Gasteiger partial charge is 0.383 e. The first kappa shape index (κ1) is 21.1. The average molecular weight is 336 g/mol. The molecule has 0 aromatic heterocycles. The summed E-state index contributed by atoms with van der Waals surface area (Å²) in [6.07, 6.45) is 4.73. The van der Waals surface area contributed by atoms with E-state index >= 15 is 0 Å². The highest BCUT2D eigenvalue weighted by molar-refractivity contribution is 5.85. The van der Waals surface area contributed by atoms with Gasteiger partial charge in [0.25, 0.3) is 0 Å². The van der Waals surface area contributed by atoms with Gasteiger partial charge in [-0.1, -0.05) is 12.8 Å². The van der Waals surface area contributed by atoms with Gasteiger partial charge in [0.2, 0.25) is 11.8 Å². The van der Waals surface area contributed by atoms with E-state index in [0.717, 1.165) is 25.7 Å². The van der Waals surface area contributed by atoms with Crippen molar-refractivity contribution in [3.63, 3.8) is 0 Å². The summed E-state index contributed by atoms with van der Waals surface area (Å²) in [7, 11) is 4.98. The lowest BCUT2D eigenvalue weighted by atomic mass is 9.82. The third kappa shape index (κ3) is 6.94. The van der Waals surface area contributed by atoms with Crippen LogP contribution in [0.5, 0.6) is 0 Å². The molecule has 0 saturated heterocycles. The minimum Gasteiger partial charge on any atom is -0.383 e. The van der Waals surface area contributed by atoms with Gasteiger partial charge >= 0.3 is 0 Å². The summed E-state index contributed by atoms with van der Waals surface area (Å²) in [5, 5.41) is 0. The molecule has 1 aliphatic carbocycles. The fourth-order valence-electron chi connectivity index (χ4n) is 2.64. The van der Waals surface area contributed by atoms with Crippen molar-refractivity contribution >= 4 is 24.2 Å². The Bertz CT molecular complexity index is 353. The van der Waals surface area contributed by atoms with Gasteiger partial charge < -0.3 is 20.3 Å². The van der Waals surface area contributed by atoms with Crippen molar-refractivity contribution in [3.05, 3.63) is 0 Å². The van der Waals surface area contributed by atoms with Crippen LogP contribution < -0.4 is 5.73 Å². The number of methoxy groups -OCH3 is 1. The van der Waals surface area contributed by atoms with Crippen LogP contribution in [-0.2, 0) is 14.3 Å². The van der Waals surface area contributed by atoms with Crippen LogP contribution in [0.3, 0.4) is 0 Å². The van der Waals surface area contributed by atoms with Crippen LogP contribution in [-0.4, -0.2) is 68.6 Å². The normalized spacial score (nSPS) is 20.9. The number of rotatable bonds is 7. The van der Waals surface area contributed by atoms with Crippen molar-refractivity contribution in [2.45, 2.75) is 38.1 Å². The summed E-state index contributed by atoms with van der Waals surface area (Å²) in [5.41, 5.74) is 6.11. The second-order valence-electron chi connectivity index (χ2n) is 6.01. The second kappa shape index (κ2) is 10.8. The first-order valence-electron chi connectivity index (χ1n) is 7.68. The maximum Gasteiger partial charge on any atom is 0.241 e. The van der Waals surface area contributed by atoms with Gasteiger partial charge in [-0.3, -0.25) is 9.59 Å². The van der Waals surface area contributed by atoms with E-state index in [1.807, 2.05) is 0 Å². The van der Waals surface area contributed by atoms with Gasteiger partial charge in [-0.05, 0) is 18.8 Å². The molecule has 1 aliphatic rings. The Hall–Kier alpha value is -0.850. The summed E-state index contributed by atoms with van der Waals surface area (Å²) in [5.74, 6) is 0.169. The number of carbonyl (C=O) groups excluding carboxylic acids is 2. The van der Waals surface area contributed by atoms with Crippen LogP contribution in [0.4, 0.5) is 0 Å². The van der Waals surface area contributed by atoms with Gasteiger partial charge in [0.1, 0.15) is 0 Å². The summed E-state index contributed by atoms with van der Waals surface area (Å²) in [6.45, 7) is 0.983. The number of nitrogens with zero attached hydrogens (tertiary/aromatic N) is 2. The summed E-state index contributed by atoms with van der Waals surface area (Å²) >= 11 is 0. The Kier molecular flexibility index (Phi) is 10.4. The number of nitrogens with two attached hydrogens (primary N) is 1. The Morgan fingerprint density at radius 1 is 1.18 bits per heavy atom. The van der Waals surface area contributed by atoms with E-state index in [0.29, 0.717) is 19.6 Å². The highest BCUT2D eigenvalue weighted by Crippen LogP contribution is 2.26. The number of hydrogen-bond donors (Lipinski definition) is 1. The molecule has 1 fully saturated rings. The van der Waals surface area contributed by atoms with Crippen molar-refractivity contribution in [2.24, 2.45) is 11.7 Å². The van der Waals surface area contributed by atoms with Gasteiger partial charge in [-0.25, -0.2) is 0 Å². The zero-order valence-electron chi connectivity index (χ0n) is 13.9. The molecule has 22 heavy (non-hydrogen) atoms. The third-order valence-electron chi connectivity index (χ3n) is 4.15. The quantitative estimate of drug-likeness (QED) is 0.749. The highest BCUT2D eigenvalue weighted by atomic mass is 35.5. The first-order valence-corrected chi connectivity index (χ1v) is 7.68. The lowest BCUT2D eigenvalue weighted by Crippen LogP contribution is -2.44. The second-order valence-corrected chi connectivity index (χ2v) is 6.01. The number of carbonyl (C=O) groups is 2. The average Bonchev–Trinajstić information content (AvgIpc) is 2.45. The Morgan fingerprint density at radius 2 is 1.82 bits per heavy atom. The number of likely N-dealkylation sites (N-methyl/N-ethyl adjacent to an activating group) is 1. The molecule has 2 N–H and O–H groups in total. The molecule has 6 nitrogen and oxygen atoms in total. The number of ether oxygens (including phenoxy) is 1. The van der Waals surface area contributed by atoms with E-state index in [9.17, 15) is 9.59 Å². The maximum atomic E-state index is 12.5. The zero-order valence-corrected chi connectivity index (χ0v) is 14.7. The molecule has 1 saturated carbocycles.